The average Bonchev–Trinajstić information content (AvgIpc) is 3.06. The number of hydrogen-bond donors (Lipinski definition) is 1. The van der Waals surface area contributed by atoms with Gasteiger partial charge >= 0.3 is 0 Å². The zero-order valence-corrected chi connectivity index (χ0v) is 13.7. The molecule has 1 aliphatic carbocycles. The molecule has 2 aromatic rings. The minimum absolute atomic E-state index is 0.341. The fourth-order valence-electron chi connectivity index (χ4n) is 2.57. The zero-order chi connectivity index (χ0) is 15.4. The minimum Gasteiger partial charge on any atom is -0.467 e. The van der Waals surface area contributed by atoms with Gasteiger partial charge in [0.25, 0.3) is 0 Å². The van der Waals surface area contributed by atoms with E-state index in [1.54, 1.807) is 6.26 Å². The van der Waals surface area contributed by atoms with E-state index in [9.17, 15) is 5.11 Å². The fourth-order valence-corrected chi connectivity index (χ4v) is 3.48. The van der Waals surface area contributed by atoms with Crippen LogP contribution < -0.4 is 0 Å². The Morgan fingerprint density at radius 1 is 1.41 bits per heavy atom. The fraction of sp³-hybridized carbons (Fsp3) is 0.529. The van der Waals surface area contributed by atoms with Crippen molar-refractivity contribution in [1.82, 2.24) is 4.90 Å². The average molecular weight is 321 g/mol. The number of furan rings is 1. The van der Waals surface area contributed by atoms with E-state index in [0.29, 0.717) is 25.8 Å². The third-order valence-corrected chi connectivity index (χ3v) is 4.78. The van der Waals surface area contributed by atoms with Gasteiger partial charge in [-0.3, -0.25) is 4.90 Å². The van der Waals surface area contributed by atoms with E-state index < -0.39 is 6.10 Å². The van der Waals surface area contributed by atoms with Gasteiger partial charge in [-0.2, -0.15) is 0 Å². The van der Waals surface area contributed by atoms with Crippen molar-refractivity contribution in [3.8, 4) is 0 Å². The molecule has 4 nitrogen and oxygen atoms in total. The van der Waals surface area contributed by atoms with E-state index in [0.717, 1.165) is 12.3 Å². The highest BCUT2D eigenvalue weighted by atomic mass is 32.1. The molecule has 0 spiro atoms. The first-order valence-corrected chi connectivity index (χ1v) is 8.60. The number of hydrogen-bond acceptors (Lipinski definition) is 5. The molecule has 0 bridgehead atoms. The molecule has 5 heteroatoms. The van der Waals surface area contributed by atoms with Gasteiger partial charge in [0.05, 0.1) is 19.0 Å². The molecule has 22 heavy (non-hydrogen) atoms. The highest BCUT2D eigenvalue weighted by Gasteiger charge is 2.30. The van der Waals surface area contributed by atoms with E-state index in [1.807, 2.05) is 23.5 Å². The van der Waals surface area contributed by atoms with Crippen molar-refractivity contribution in [2.45, 2.75) is 45.1 Å². The third kappa shape index (κ3) is 4.68. The Morgan fingerprint density at radius 3 is 2.91 bits per heavy atom. The van der Waals surface area contributed by atoms with Crippen LogP contribution in [0.5, 0.6) is 0 Å². The van der Waals surface area contributed by atoms with E-state index >= 15 is 0 Å². The lowest BCUT2D eigenvalue weighted by Gasteiger charge is -2.24. The Bertz CT molecular complexity index is 562. The summed E-state index contributed by atoms with van der Waals surface area (Å²) >= 11 is 1.84. The quantitative estimate of drug-likeness (QED) is 0.770. The molecule has 1 atom stereocenters. The Labute approximate surface area is 135 Å². The largest absolute Gasteiger partial charge is 0.467 e. The molecule has 2 heterocycles. The summed E-state index contributed by atoms with van der Waals surface area (Å²) in [4.78, 5) is 5.09. The van der Waals surface area contributed by atoms with Crippen molar-refractivity contribution < 1.29 is 14.3 Å². The molecule has 3 rings (SSSR count). The molecular weight excluding hydrogens is 298 g/mol. The topological polar surface area (TPSA) is 45.8 Å². The van der Waals surface area contributed by atoms with Gasteiger partial charge < -0.3 is 14.3 Å². The lowest BCUT2D eigenvalue weighted by Crippen LogP contribution is -2.35. The normalized spacial score (nSPS) is 16.3. The smallest absolute Gasteiger partial charge is 0.129 e. The van der Waals surface area contributed by atoms with Crippen LogP contribution in [0, 0.1) is 6.92 Å². The summed E-state index contributed by atoms with van der Waals surface area (Å²) in [5.74, 6) is 0.792. The second-order valence-corrected chi connectivity index (χ2v) is 7.29. The Morgan fingerprint density at radius 2 is 2.27 bits per heavy atom. The number of aliphatic hydroxyl groups excluding tert-OH is 1. The second-order valence-electron chi connectivity index (χ2n) is 5.92. The highest BCUT2D eigenvalue weighted by molar-refractivity contribution is 7.11. The van der Waals surface area contributed by atoms with Crippen LogP contribution in [0.4, 0.5) is 0 Å². The molecule has 1 fully saturated rings. The van der Waals surface area contributed by atoms with Gasteiger partial charge in [0, 0.05) is 28.9 Å². The van der Waals surface area contributed by atoms with Gasteiger partial charge in [-0.05, 0) is 44.0 Å². The predicted octanol–water partition coefficient (Wildman–Crippen LogP) is 3.19. The molecule has 0 aliphatic heterocycles. The number of aryl methyl sites for hydroxylation is 1. The van der Waals surface area contributed by atoms with Crippen molar-refractivity contribution in [3.63, 3.8) is 0 Å². The van der Waals surface area contributed by atoms with Gasteiger partial charge in [0.1, 0.15) is 12.4 Å². The number of ether oxygens (including phenoxy) is 1. The van der Waals surface area contributed by atoms with Gasteiger partial charge in [-0.1, -0.05) is 0 Å². The second kappa shape index (κ2) is 7.42. The van der Waals surface area contributed by atoms with E-state index in [-0.39, 0.29) is 0 Å². The summed E-state index contributed by atoms with van der Waals surface area (Å²) in [6, 6.07) is 8.69. The Kier molecular flexibility index (Phi) is 5.31. The maximum Gasteiger partial charge on any atom is 0.129 e. The first kappa shape index (κ1) is 15.7. The lowest BCUT2D eigenvalue weighted by atomic mass is 10.3. The molecule has 0 amide bonds. The maximum absolute atomic E-state index is 10.2. The van der Waals surface area contributed by atoms with Gasteiger partial charge in [0.2, 0.25) is 0 Å². The minimum atomic E-state index is -0.461. The molecular formula is C17H23NO3S. The van der Waals surface area contributed by atoms with Crippen LogP contribution in [0.25, 0.3) is 0 Å². The number of rotatable bonds is 9. The van der Waals surface area contributed by atoms with Crippen molar-refractivity contribution in [2.24, 2.45) is 0 Å². The summed E-state index contributed by atoms with van der Waals surface area (Å²) in [7, 11) is 0. The summed E-state index contributed by atoms with van der Waals surface area (Å²) in [6.45, 7) is 4.48. The van der Waals surface area contributed by atoms with Crippen molar-refractivity contribution in [1.29, 1.82) is 0 Å². The highest BCUT2D eigenvalue weighted by Crippen LogP contribution is 2.29. The molecule has 0 unspecified atom stereocenters. The van der Waals surface area contributed by atoms with Gasteiger partial charge in [-0.25, -0.2) is 0 Å². The molecule has 2 aromatic heterocycles. The van der Waals surface area contributed by atoms with Crippen LogP contribution in [0.3, 0.4) is 0 Å². The van der Waals surface area contributed by atoms with Crippen LogP contribution in [0.1, 0.15) is 28.4 Å². The predicted molar refractivity (Wildman–Crippen MR) is 86.9 cm³/mol. The van der Waals surface area contributed by atoms with Crippen LogP contribution in [-0.2, 0) is 17.9 Å². The first-order chi connectivity index (χ1) is 10.7. The first-order valence-electron chi connectivity index (χ1n) is 7.78. The number of aliphatic hydroxyl groups is 1. The molecule has 1 N–H and O–H groups in total. The standard InChI is InChI=1S/C17H23NO3S/c1-13-4-7-17(22-13)10-18(14-5-6-14)9-15(19)11-20-12-16-3-2-8-21-16/h2-4,7-8,14-15,19H,5-6,9-12H2,1H3/t15-/m1/s1. The van der Waals surface area contributed by atoms with Gasteiger partial charge in [-0.15, -0.1) is 11.3 Å². The molecule has 1 aliphatic rings. The lowest BCUT2D eigenvalue weighted by molar-refractivity contribution is 0.00261. The molecule has 1 saturated carbocycles. The monoisotopic (exact) mass is 321 g/mol. The van der Waals surface area contributed by atoms with Gasteiger partial charge in [0.15, 0.2) is 0 Å². The Hall–Kier alpha value is -1.14. The SMILES string of the molecule is Cc1ccc(CN(C[C@@H](O)COCc2ccco2)C2CC2)s1. The van der Waals surface area contributed by atoms with Crippen molar-refractivity contribution in [2.75, 3.05) is 13.2 Å². The van der Waals surface area contributed by atoms with Crippen molar-refractivity contribution in [3.05, 3.63) is 46.0 Å². The zero-order valence-electron chi connectivity index (χ0n) is 12.9. The maximum atomic E-state index is 10.2. The van der Waals surface area contributed by atoms with Crippen molar-refractivity contribution >= 4 is 11.3 Å². The van der Waals surface area contributed by atoms with Crippen LogP contribution in [0.2, 0.25) is 0 Å². The number of nitrogens with zero attached hydrogens (tertiary/aromatic N) is 1. The van der Waals surface area contributed by atoms with E-state index in [4.69, 9.17) is 9.15 Å². The van der Waals surface area contributed by atoms with Crippen LogP contribution in [-0.4, -0.2) is 35.3 Å². The number of thiophene rings is 1. The molecule has 0 aromatic carbocycles. The molecule has 120 valence electrons. The molecule has 0 radical (unpaired) electrons. The van der Waals surface area contributed by atoms with E-state index in [1.165, 1.54) is 22.6 Å². The summed E-state index contributed by atoms with van der Waals surface area (Å²) < 4.78 is 10.7. The van der Waals surface area contributed by atoms with Crippen LogP contribution in [0.15, 0.2) is 34.9 Å². The molecule has 0 saturated heterocycles. The van der Waals surface area contributed by atoms with Crippen LogP contribution >= 0.6 is 11.3 Å². The summed E-state index contributed by atoms with van der Waals surface area (Å²) in [6.07, 6.45) is 3.65. The van der Waals surface area contributed by atoms with E-state index in [2.05, 4.69) is 24.0 Å². The third-order valence-electron chi connectivity index (χ3n) is 3.80. The summed E-state index contributed by atoms with van der Waals surface area (Å²) in [5.41, 5.74) is 0. The Balaban J connectivity index is 1.44. The summed E-state index contributed by atoms with van der Waals surface area (Å²) in [5, 5.41) is 10.2.